The van der Waals surface area contributed by atoms with Crippen molar-refractivity contribution in [3.63, 3.8) is 0 Å². The maximum absolute atomic E-state index is 12.3. The first kappa shape index (κ1) is 18.2. The second kappa shape index (κ2) is 8.61. The van der Waals surface area contributed by atoms with Crippen molar-refractivity contribution in [1.82, 2.24) is 4.90 Å². The van der Waals surface area contributed by atoms with Gasteiger partial charge >= 0.3 is 6.61 Å². The van der Waals surface area contributed by atoms with E-state index in [9.17, 15) is 13.9 Å². The van der Waals surface area contributed by atoms with Crippen LogP contribution in [0.15, 0.2) is 48.5 Å². The van der Waals surface area contributed by atoms with Crippen LogP contribution in [-0.2, 0) is 6.54 Å². The molecule has 24 heavy (non-hydrogen) atoms. The first-order valence-corrected chi connectivity index (χ1v) is 7.53. The van der Waals surface area contributed by atoms with Crippen LogP contribution in [0.4, 0.5) is 8.78 Å². The molecular weight excluding hydrogens is 316 g/mol. The van der Waals surface area contributed by atoms with Gasteiger partial charge in [-0.2, -0.15) is 8.78 Å². The number of hydrogen-bond acceptors (Lipinski definition) is 4. The minimum atomic E-state index is -2.89. The van der Waals surface area contributed by atoms with Gasteiger partial charge in [0.25, 0.3) is 0 Å². The topological polar surface area (TPSA) is 41.9 Å². The van der Waals surface area contributed by atoms with Gasteiger partial charge in [-0.3, -0.25) is 4.90 Å². The lowest BCUT2D eigenvalue weighted by atomic mass is 10.1. The summed E-state index contributed by atoms with van der Waals surface area (Å²) in [4.78, 5) is 1.94. The number of ether oxygens (including phenoxy) is 2. The van der Waals surface area contributed by atoms with E-state index in [1.165, 1.54) is 13.2 Å². The first-order chi connectivity index (χ1) is 11.5. The molecular formula is C18H21F2NO3. The van der Waals surface area contributed by atoms with Crippen LogP contribution >= 0.6 is 0 Å². The molecule has 0 bridgehead atoms. The van der Waals surface area contributed by atoms with Crippen LogP contribution in [0.3, 0.4) is 0 Å². The molecule has 0 aromatic heterocycles. The van der Waals surface area contributed by atoms with E-state index in [2.05, 4.69) is 4.74 Å². The van der Waals surface area contributed by atoms with Crippen molar-refractivity contribution in [3.05, 3.63) is 59.7 Å². The molecule has 6 heteroatoms. The van der Waals surface area contributed by atoms with Crippen LogP contribution in [-0.4, -0.2) is 37.3 Å². The molecule has 0 unspecified atom stereocenters. The van der Waals surface area contributed by atoms with Crippen LogP contribution < -0.4 is 9.47 Å². The average Bonchev–Trinajstić information content (AvgIpc) is 2.56. The summed E-state index contributed by atoms with van der Waals surface area (Å²) >= 11 is 0. The zero-order chi connectivity index (χ0) is 17.5. The second-order valence-corrected chi connectivity index (χ2v) is 5.49. The number of hydrogen-bond donors (Lipinski definition) is 1. The van der Waals surface area contributed by atoms with E-state index < -0.39 is 12.7 Å². The summed E-state index contributed by atoms with van der Waals surface area (Å²) in [5.41, 5.74) is 1.72. The SMILES string of the molecule is COc1cc(CN(C)C[C@H](O)c2ccccc2)ccc1OC(F)F. The fourth-order valence-corrected chi connectivity index (χ4v) is 2.46. The number of likely N-dealkylation sites (N-methyl/N-ethyl adjacent to an activating group) is 1. The molecule has 0 aliphatic heterocycles. The molecule has 2 rings (SSSR count). The molecule has 0 aliphatic carbocycles. The van der Waals surface area contributed by atoms with Gasteiger partial charge < -0.3 is 14.6 Å². The maximum Gasteiger partial charge on any atom is 0.387 e. The summed E-state index contributed by atoms with van der Waals surface area (Å²) in [5.74, 6) is 0.257. The maximum atomic E-state index is 12.3. The van der Waals surface area contributed by atoms with Gasteiger partial charge in [0.1, 0.15) is 0 Å². The van der Waals surface area contributed by atoms with Crippen molar-refractivity contribution < 1.29 is 23.4 Å². The van der Waals surface area contributed by atoms with Gasteiger partial charge in [-0.1, -0.05) is 36.4 Å². The molecule has 0 spiro atoms. The Balaban J connectivity index is 1.99. The minimum Gasteiger partial charge on any atom is -0.493 e. The Labute approximate surface area is 140 Å². The predicted molar refractivity (Wildman–Crippen MR) is 87.4 cm³/mol. The van der Waals surface area contributed by atoms with Crippen molar-refractivity contribution in [2.24, 2.45) is 0 Å². The van der Waals surface area contributed by atoms with Crippen molar-refractivity contribution in [2.75, 3.05) is 20.7 Å². The quantitative estimate of drug-likeness (QED) is 0.801. The van der Waals surface area contributed by atoms with Crippen molar-refractivity contribution in [3.8, 4) is 11.5 Å². The van der Waals surface area contributed by atoms with E-state index in [-0.39, 0.29) is 11.5 Å². The van der Waals surface area contributed by atoms with Gasteiger partial charge in [0.2, 0.25) is 0 Å². The van der Waals surface area contributed by atoms with Crippen molar-refractivity contribution in [2.45, 2.75) is 19.3 Å². The largest absolute Gasteiger partial charge is 0.493 e. The molecule has 1 N–H and O–H groups in total. The highest BCUT2D eigenvalue weighted by Gasteiger charge is 2.14. The van der Waals surface area contributed by atoms with Crippen molar-refractivity contribution >= 4 is 0 Å². The molecule has 130 valence electrons. The molecule has 2 aromatic rings. The van der Waals surface area contributed by atoms with E-state index >= 15 is 0 Å². The fourth-order valence-electron chi connectivity index (χ4n) is 2.46. The molecule has 0 radical (unpaired) electrons. The van der Waals surface area contributed by atoms with E-state index in [1.807, 2.05) is 42.3 Å². The zero-order valence-electron chi connectivity index (χ0n) is 13.7. The number of aliphatic hydroxyl groups excluding tert-OH is 1. The van der Waals surface area contributed by atoms with Crippen LogP contribution in [0.2, 0.25) is 0 Å². The third kappa shape index (κ3) is 5.18. The number of nitrogens with zero attached hydrogens (tertiary/aromatic N) is 1. The Hall–Kier alpha value is -2.18. The lowest BCUT2D eigenvalue weighted by Crippen LogP contribution is -2.24. The Morgan fingerprint density at radius 3 is 2.42 bits per heavy atom. The summed E-state index contributed by atoms with van der Waals surface area (Å²) in [6.45, 7) is -1.91. The molecule has 0 saturated carbocycles. The Morgan fingerprint density at radius 1 is 1.08 bits per heavy atom. The summed E-state index contributed by atoms with van der Waals surface area (Å²) in [6, 6.07) is 14.2. The monoisotopic (exact) mass is 337 g/mol. The standard InChI is InChI=1S/C18H21F2NO3/c1-21(12-15(22)14-6-4-3-5-7-14)11-13-8-9-16(24-18(19)20)17(10-13)23-2/h3-10,15,18,22H,11-12H2,1-2H3/t15-/m0/s1. The zero-order valence-corrected chi connectivity index (χ0v) is 13.7. The number of halogens is 2. The van der Waals surface area contributed by atoms with E-state index in [0.717, 1.165) is 11.1 Å². The Kier molecular flexibility index (Phi) is 6.52. The van der Waals surface area contributed by atoms with Crippen LogP contribution in [0.1, 0.15) is 17.2 Å². The number of alkyl halides is 2. The van der Waals surface area contributed by atoms with Gasteiger partial charge in [-0.15, -0.1) is 0 Å². The molecule has 0 fully saturated rings. The number of methoxy groups -OCH3 is 1. The number of aliphatic hydroxyl groups is 1. The third-order valence-corrected chi connectivity index (χ3v) is 3.57. The van der Waals surface area contributed by atoms with E-state index in [4.69, 9.17) is 4.74 Å². The molecule has 0 amide bonds. The highest BCUT2D eigenvalue weighted by Crippen LogP contribution is 2.30. The van der Waals surface area contributed by atoms with E-state index in [0.29, 0.717) is 13.1 Å². The summed E-state index contributed by atoms with van der Waals surface area (Å²) in [6.07, 6.45) is -0.598. The van der Waals surface area contributed by atoms with Gasteiger partial charge in [-0.05, 0) is 30.3 Å². The number of benzene rings is 2. The third-order valence-electron chi connectivity index (χ3n) is 3.57. The molecule has 2 aromatic carbocycles. The minimum absolute atomic E-state index is 0.00298. The molecule has 4 nitrogen and oxygen atoms in total. The predicted octanol–water partition coefficient (Wildman–Crippen LogP) is 3.46. The second-order valence-electron chi connectivity index (χ2n) is 5.49. The van der Waals surface area contributed by atoms with Crippen LogP contribution in [0, 0.1) is 0 Å². The van der Waals surface area contributed by atoms with E-state index in [1.54, 1.807) is 12.1 Å². The fraction of sp³-hybridized carbons (Fsp3) is 0.333. The van der Waals surface area contributed by atoms with Crippen LogP contribution in [0.5, 0.6) is 11.5 Å². The summed E-state index contributed by atoms with van der Waals surface area (Å²) < 4.78 is 34.2. The Bertz CT molecular complexity index is 637. The molecule has 0 saturated heterocycles. The van der Waals surface area contributed by atoms with Gasteiger partial charge in [0, 0.05) is 13.1 Å². The smallest absolute Gasteiger partial charge is 0.387 e. The molecule has 1 atom stereocenters. The highest BCUT2D eigenvalue weighted by atomic mass is 19.3. The van der Waals surface area contributed by atoms with Crippen molar-refractivity contribution in [1.29, 1.82) is 0 Å². The highest BCUT2D eigenvalue weighted by molar-refractivity contribution is 5.43. The lowest BCUT2D eigenvalue weighted by Gasteiger charge is -2.21. The van der Waals surface area contributed by atoms with Gasteiger partial charge in [0.05, 0.1) is 13.2 Å². The first-order valence-electron chi connectivity index (χ1n) is 7.53. The molecule has 0 aliphatic rings. The average molecular weight is 337 g/mol. The normalized spacial score (nSPS) is 12.5. The summed E-state index contributed by atoms with van der Waals surface area (Å²) in [7, 11) is 3.28. The molecule has 0 heterocycles. The summed E-state index contributed by atoms with van der Waals surface area (Å²) in [5, 5.41) is 10.2. The number of rotatable bonds is 8. The Morgan fingerprint density at radius 2 is 1.79 bits per heavy atom. The lowest BCUT2D eigenvalue weighted by molar-refractivity contribution is -0.0512. The van der Waals surface area contributed by atoms with Gasteiger partial charge in [-0.25, -0.2) is 0 Å². The van der Waals surface area contributed by atoms with Gasteiger partial charge in [0.15, 0.2) is 11.5 Å². The van der Waals surface area contributed by atoms with Crippen LogP contribution in [0.25, 0.3) is 0 Å².